The molecule has 3 aromatic rings. The standard InChI is InChI=1S/C16H13N3O3S/c1-10-3-5-11(6-4-10)15(20)17-16-18(2)13-8-7-12(19(21)22)9-14(13)23-16/h3-9H,1-2H3. The third-order valence-corrected chi connectivity index (χ3v) is 4.59. The number of carbonyl (C=O) groups excluding carboxylic acids is 1. The lowest BCUT2D eigenvalue weighted by molar-refractivity contribution is -0.384. The van der Waals surface area contributed by atoms with Crippen LogP contribution in [0.25, 0.3) is 10.2 Å². The van der Waals surface area contributed by atoms with Crippen molar-refractivity contribution in [3.05, 3.63) is 68.5 Å². The summed E-state index contributed by atoms with van der Waals surface area (Å²) in [6, 6.07) is 11.8. The summed E-state index contributed by atoms with van der Waals surface area (Å²) in [6.07, 6.45) is 0. The van der Waals surface area contributed by atoms with Crippen LogP contribution in [-0.2, 0) is 7.05 Å². The zero-order valence-corrected chi connectivity index (χ0v) is 13.3. The van der Waals surface area contributed by atoms with Crippen LogP contribution in [0.15, 0.2) is 47.5 Å². The number of thiazole rings is 1. The summed E-state index contributed by atoms with van der Waals surface area (Å²) < 4.78 is 2.48. The van der Waals surface area contributed by atoms with Gasteiger partial charge in [-0.2, -0.15) is 4.99 Å². The molecule has 1 heterocycles. The minimum Gasteiger partial charge on any atom is -0.319 e. The van der Waals surface area contributed by atoms with Gasteiger partial charge in [-0.05, 0) is 25.1 Å². The molecule has 0 saturated carbocycles. The lowest BCUT2D eigenvalue weighted by Crippen LogP contribution is -2.13. The van der Waals surface area contributed by atoms with Gasteiger partial charge in [0.15, 0.2) is 4.80 Å². The molecule has 7 heteroatoms. The molecule has 0 saturated heterocycles. The van der Waals surface area contributed by atoms with Gasteiger partial charge < -0.3 is 4.57 Å². The predicted molar refractivity (Wildman–Crippen MR) is 88.5 cm³/mol. The number of benzene rings is 2. The number of fused-ring (bicyclic) bond motifs is 1. The Hall–Kier alpha value is -2.80. The van der Waals surface area contributed by atoms with Crippen molar-refractivity contribution in [1.29, 1.82) is 0 Å². The van der Waals surface area contributed by atoms with Crippen molar-refractivity contribution < 1.29 is 9.72 Å². The number of nitrogens with zero attached hydrogens (tertiary/aromatic N) is 3. The highest BCUT2D eigenvalue weighted by molar-refractivity contribution is 7.16. The minimum atomic E-state index is -0.437. The summed E-state index contributed by atoms with van der Waals surface area (Å²) in [5, 5.41) is 10.9. The average Bonchev–Trinajstić information content (AvgIpc) is 2.83. The van der Waals surface area contributed by atoms with Gasteiger partial charge in [-0.15, -0.1) is 0 Å². The molecule has 3 rings (SSSR count). The number of amides is 1. The zero-order chi connectivity index (χ0) is 16.6. The highest BCUT2D eigenvalue weighted by Crippen LogP contribution is 2.22. The summed E-state index contributed by atoms with van der Waals surface area (Å²) in [5.41, 5.74) is 2.41. The number of nitro groups is 1. The van der Waals surface area contributed by atoms with Gasteiger partial charge in [-0.25, -0.2) is 0 Å². The Bertz CT molecular complexity index is 984. The second-order valence-electron chi connectivity index (χ2n) is 5.14. The molecule has 0 spiro atoms. The summed E-state index contributed by atoms with van der Waals surface area (Å²) >= 11 is 1.25. The minimum absolute atomic E-state index is 0.0239. The van der Waals surface area contributed by atoms with Crippen LogP contribution in [0.5, 0.6) is 0 Å². The van der Waals surface area contributed by atoms with E-state index < -0.39 is 4.92 Å². The van der Waals surface area contributed by atoms with E-state index in [1.54, 1.807) is 29.8 Å². The van der Waals surface area contributed by atoms with Crippen molar-refractivity contribution in [2.45, 2.75) is 6.92 Å². The Morgan fingerprint density at radius 3 is 2.57 bits per heavy atom. The highest BCUT2D eigenvalue weighted by Gasteiger charge is 2.11. The molecule has 2 aromatic carbocycles. The summed E-state index contributed by atoms with van der Waals surface area (Å²) in [4.78, 5) is 27.3. The number of hydrogen-bond donors (Lipinski definition) is 0. The van der Waals surface area contributed by atoms with Gasteiger partial charge in [0.25, 0.3) is 11.6 Å². The molecule has 0 bridgehead atoms. The zero-order valence-electron chi connectivity index (χ0n) is 12.5. The van der Waals surface area contributed by atoms with E-state index in [-0.39, 0.29) is 11.6 Å². The summed E-state index contributed by atoms with van der Waals surface area (Å²) in [5.74, 6) is -0.332. The Morgan fingerprint density at radius 2 is 1.91 bits per heavy atom. The largest absolute Gasteiger partial charge is 0.319 e. The predicted octanol–water partition coefficient (Wildman–Crippen LogP) is 3.20. The quantitative estimate of drug-likeness (QED) is 0.535. The lowest BCUT2D eigenvalue weighted by atomic mass is 10.1. The van der Waals surface area contributed by atoms with Crippen LogP contribution in [0.4, 0.5) is 5.69 Å². The molecular formula is C16H13N3O3S. The smallest absolute Gasteiger partial charge is 0.279 e. The molecule has 0 aliphatic heterocycles. The van der Waals surface area contributed by atoms with Crippen LogP contribution in [0.1, 0.15) is 15.9 Å². The lowest BCUT2D eigenvalue weighted by Gasteiger charge is -1.97. The fourth-order valence-corrected chi connectivity index (χ4v) is 3.24. The first-order valence-corrected chi connectivity index (χ1v) is 7.67. The van der Waals surface area contributed by atoms with Gasteiger partial charge in [0.2, 0.25) is 0 Å². The number of aryl methyl sites for hydroxylation is 2. The Balaban J connectivity index is 2.08. The first kappa shape index (κ1) is 15.1. The Kier molecular flexibility index (Phi) is 3.79. The molecule has 0 atom stereocenters. The van der Waals surface area contributed by atoms with Gasteiger partial charge in [-0.3, -0.25) is 14.9 Å². The van der Waals surface area contributed by atoms with E-state index in [4.69, 9.17) is 0 Å². The second kappa shape index (κ2) is 5.77. The van der Waals surface area contributed by atoms with E-state index in [2.05, 4.69) is 4.99 Å². The number of aromatic nitrogens is 1. The molecule has 0 radical (unpaired) electrons. The molecule has 0 N–H and O–H groups in total. The molecule has 0 unspecified atom stereocenters. The fraction of sp³-hybridized carbons (Fsp3) is 0.125. The van der Waals surface area contributed by atoms with Crippen molar-refractivity contribution in [3.8, 4) is 0 Å². The van der Waals surface area contributed by atoms with E-state index in [0.29, 0.717) is 10.4 Å². The number of non-ortho nitro benzene ring substituents is 1. The molecule has 116 valence electrons. The van der Waals surface area contributed by atoms with Gasteiger partial charge in [0.1, 0.15) is 0 Å². The van der Waals surface area contributed by atoms with Crippen molar-refractivity contribution in [2.24, 2.45) is 12.0 Å². The SMILES string of the molecule is Cc1ccc(C(=O)N=c2sc3cc([N+](=O)[O-])ccc3n2C)cc1. The van der Waals surface area contributed by atoms with Crippen molar-refractivity contribution in [1.82, 2.24) is 4.57 Å². The Labute approximate surface area is 135 Å². The van der Waals surface area contributed by atoms with Crippen LogP contribution in [-0.4, -0.2) is 15.4 Å². The molecular weight excluding hydrogens is 314 g/mol. The van der Waals surface area contributed by atoms with Gasteiger partial charge in [-0.1, -0.05) is 29.0 Å². The number of carbonyl (C=O) groups is 1. The molecule has 0 fully saturated rings. The Morgan fingerprint density at radius 1 is 1.22 bits per heavy atom. The molecule has 6 nitrogen and oxygen atoms in total. The van der Waals surface area contributed by atoms with Crippen molar-refractivity contribution in [2.75, 3.05) is 0 Å². The van der Waals surface area contributed by atoms with Gasteiger partial charge in [0.05, 0.1) is 15.1 Å². The highest BCUT2D eigenvalue weighted by atomic mass is 32.1. The van der Waals surface area contributed by atoms with Crippen molar-refractivity contribution >= 4 is 33.1 Å². The van der Waals surface area contributed by atoms with Crippen LogP contribution >= 0.6 is 11.3 Å². The number of nitro benzene ring substituents is 1. The molecule has 1 aromatic heterocycles. The normalized spacial score (nSPS) is 11.8. The monoisotopic (exact) mass is 327 g/mol. The van der Waals surface area contributed by atoms with Crippen molar-refractivity contribution in [3.63, 3.8) is 0 Å². The molecule has 0 aliphatic rings. The maximum absolute atomic E-state index is 12.2. The third-order valence-electron chi connectivity index (χ3n) is 3.50. The fourth-order valence-electron chi connectivity index (χ4n) is 2.19. The van der Waals surface area contributed by atoms with Crippen LogP contribution in [0.2, 0.25) is 0 Å². The van der Waals surface area contributed by atoms with E-state index in [9.17, 15) is 14.9 Å². The summed E-state index contributed by atoms with van der Waals surface area (Å²) in [6.45, 7) is 1.95. The number of hydrogen-bond acceptors (Lipinski definition) is 4. The number of rotatable bonds is 2. The maximum Gasteiger partial charge on any atom is 0.279 e. The first-order valence-electron chi connectivity index (χ1n) is 6.85. The van der Waals surface area contributed by atoms with Crippen LogP contribution < -0.4 is 4.80 Å². The third kappa shape index (κ3) is 2.91. The van der Waals surface area contributed by atoms with E-state index >= 15 is 0 Å². The first-order chi connectivity index (χ1) is 11.0. The molecule has 0 aliphatic carbocycles. The van der Waals surface area contributed by atoms with E-state index in [1.807, 2.05) is 19.1 Å². The van der Waals surface area contributed by atoms with Gasteiger partial charge in [0, 0.05) is 24.7 Å². The van der Waals surface area contributed by atoms with E-state index in [0.717, 1.165) is 15.8 Å². The average molecular weight is 327 g/mol. The maximum atomic E-state index is 12.2. The molecule has 1 amide bonds. The topological polar surface area (TPSA) is 77.5 Å². The van der Waals surface area contributed by atoms with Crippen LogP contribution in [0, 0.1) is 17.0 Å². The van der Waals surface area contributed by atoms with Gasteiger partial charge >= 0.3 is 0 Å². The molecule has 23 heavy (non-hydrogen) atoms. The summed E-state index contributed by atoms with van der Waals surface area (Å²) in [7, 11) is 1.78. The second-order valence-corrected chi connectivity index (χ2v) is 6.14. The van der Waals surface area contributed by atoms with E-state index in [1.165, 1.54) is 23.5 Å². The van der Waals surface area contributed by atoms with Crippen LogP contribution in [0.3, 0.4) is 0 Å².